The second-order valence-corrected chi connectivity index (χ2v) is 6.57. The normalized spacial score (nSPS) is 20.9. The molecule has 0 aromatic carbocycles. The van der Waals surface area contributed by atoms with Crippen molar-refractivity contribution < 1.29 is 8.42 Å². The van der Waals surface area contributed by atoms with Crippen molar-refractivity contribution >= 4 is 10.0 Å². The Morgan fingerprint density at radius 1 is 1.32 bits per heavy atom. The first-order valence-corrected chi connectivity index (χ1v) is 7.21. The van der Waals surface area contributed by atoms with Gasteiger partial charge in [-0.15, -0.1) is 0 Å². The number of hydrogen-bond acceptors (Lipinski definition) is 5. The summed E-state index contributed by atoms with van der Waals surface area (Å²) in [5, 5.41) is 0. The van der Waals surface area contributed by atoms with Crippen molar-refractivity contribution in [3.05, 3.63) is 27.0 Å². The van der Waals surface area contributed by atoms with Gasteiger partial charge < -0.3 is 10.3 Å². The molecule has 1 fully saturated rings. The Balaban J connectivity index is 2.60. The van der Waals surface area contributed by atoms with Crippen LogP contribution in [0.4, 0.5) is 0 Å². The first-order chi connectivity index (χ1) is 8.75. The number of aromatic nitrogens is 2. The minimum absolute atomic E-state index is 0.189. The minimum atomic E-state index is -3.90. The van der Waals surface area contributed by atoms with Crippen molar-refractivity contribution in [3.63, 3.8) is 0 Å². The van der Waals surface area contributed by atoms with Gasteiger partial charge in [0.05, 0.1) is 0 Å². The zero-order chi connectivity index (χ0) is 14.4. The quantitative estimate of drug-likeness (QED) is 0.665. The van der Waals surface area contributed by atoms with Crippen LogP contribution in [0.15, 0.2) is 20.7 Å². The maximum atomic E-state index is 12.4. The number of hydrogen-bond donors (Lipinski definition) is 1. The van der Waals surface area contributed by atoms with Crippen molar-refractivity contribution in [2.75, 3.05) is 13.1 Å². The standard InChI is InChI=1S/C10H16N4O4S/c1-12-6-8(9(15)13(2)10(12)16)19(17,18)14-4-3-7(11)5-14/h6-7H,3-5,11H2,1-2H3. The van der Waals surface area contributed by atoms with Crippen molar-refractivity contribution in [1.82, 2.24) is 13.4 Å². The predicted molar refractivity (Wildman–Crippen MR) is 68.3 cm³/mol. The molecular weight excluding hydrogens is 272 g/mol. The fourth-order valence-electron chi connectivity index (χ4n) is 2.06. The van der Waals surface area contributed by atoms with Crippen molar-refractivity contribution in [1.29, 1.82) is 0 Å². The van der Waals surface area contributed by atoms with E-state index in [0.29, 0.717) is 6.42 Å². The molecule has 1 saturated heterocycles. The summed E-state index contributed by atoms with van der Waals surface area (Å²) in [7, 11) is -1.26. The van der Waals surface area contributed by atoms with Gasteiger partial charge in [-0.05, 0) is 6.42 Å². The number of nitrogens with zero attached hydrogens (tertiary/aromatic N) is 3. The molecule has 2 heterocycles. The van der Waals surface area contributed by atoms with Crippen molar-refractivity contribution in [3.8, 4) is 0 Å². The first kappa shape index (κ1) is 14.0. The third-order valence-corrected chi connectivity index (χ3v) is 5.07. The monoisotopic (exact) mass is 288 g/mol. The van der Waals surface area contributed by atoms with Crippen LogP contribution in [0.5, 0.6) is 0 Å². The molecule has 1 unspecified atom stereocenters. The Morgan fingerprint density at radius 2 is 1.95 bits per heavy atom. The molecule has 19 heavy (non-hydrogen) atoms. The van der Waals surface area contributed by atoms with Gasteiger partial charge >= 0.3 is 5.69 Å². The highest BCUT2D eigenvalue weighted by atomic mass is 32.2. The zero-order valence-electron chi connectivity index (χ0n) is 10.7. The number of sulfonamides is 1. The molecule has 0 aliphatic carbocycles. The molecule has 0 saturated carbocycles. The Hall–Kier alpha value is -1.45. The average molecular weight is 288 g/mol. The van der Waals surface area contributed by atoms with E-state index in [9.17, 15) is 18.0 Å². The molecule has 8 nitrogen and oxygen atoms in total. The Morgan fingerprint density at radius 3 is 2.47 bits per heavy atom. The van der Waals surface area contributed by atoms with Crippen LogP contribution >= 0.6 is 0 Å². The highest BCUT2D eigenvalue weighted by Gasteiger charge is 2.33. The van der Waals surface area contributed by atoms with Crippen LogP contribution in [-0.2, 0) is 24.1 Å². The summed E-state index contributed by atoms with van der Waals surface area (Å²) in [5.74, 6) is 0. The molecule has 2 rings (SSSR count). The SMILES string of the molecule is Cn1cc(S(=O)(=O)N2CCC(N)C2)c(=O)n(C)c1=O. The minimum Gasteiger partial charge on any atom is -0.326 e. The molecule has 1 atom stereocenters. The van der Waals surface area contributed by atoms with E-state index in [-0.39, 0.29) is 19.1 Å². The first-order valence-electron chi connectivity index (χ1n) is 5.77. The van der Waals surface area contributed by atoms with Gasteiger partial charge in [-0.1, -0.05) is 0 Å². The lowest BCUT2D eigenvalue weighted by Crippen LogP contribution is -2.42. The van der Waals surface area contributed by atoms with Gasteiger partial charge in [0.2, 0.25) is 10.0 Å². The van der Waals surface area contributed by atoms with Gasteiger partial charge in [0.1, 0.15) is 0 Å². The molecule has 9 heteroatoms. The maximum Gasteiger partial charge on any atom is 0.330 e. The third kappa shape index (κ3) is 2.24. The molecule has 1 aromatic heterocycles. The summed E-state index contributed by atoms with van der Waals surface area (Å²) in [6.45, 7) is 0.476. The van der Waals surface area contributed by atoms with E-state index < -0.39 is 26.2 Å². The molecule has 2 N–H and O–H groups in total. The van der Waals surface area contributed by atoms with Crippen LogP contribution in [0.25, 0.3) is 0 Å². The van der Waals surface area contributed by atoms with E-state index in [0.717, 1.165) is 15.3 Å². The second kappa shape index (κ2) is 4.58. The fourth-order valence-corrected chi connectivity index (χ4v) is 3.72. The predicted octanol–water partition coefficient (Wildman–Crippen LogP) is -2.19. The number of nitrogens with two attached hydrogens (primary N) is 1. The lowest BCUT2D eigenvalue weighted by atomic mass is 10.3. The third-order valence-electron chi connectivity index (χ3n) is 3.22. The lowest BCUT2D eigenvalue weighted by Gasteiger charge is -2.16. The van der Waals surface area contributed by atoms with E-state index in [1.54, 1.807) is 0 Å². The largest absolute Gasteiger partial charge is 0.330 e. The summed E-state index contributed by atoms with van der Waals surface area (Å²) in [6.07, 6.45) is 1.62. The Bertz CT molecular complexity index is 718. The van der Waals surface area contributed by atoms with Crippen molar-refractivity contribution in [2.45, 2.75) is 17.4 Å². The lowest BCUT2D eigenvalue weighted by molar-refractivity contribution is 0.468. The Labute approximate surface area is 110 Å². The van der Waals surface area contributed by atoms with Crippen LogP contribution in [-0.4, -0.2) is 41.0 Å². The topological polar surface area (TPSA) is 107 Å². The zero-order valence-corrected chi connectivity index (χ0v) is 11.6. The fraction of sp³-hybridized carbons (Fsp3) is 0.600. The van der Waals surface area contributed by atoms with Gasteiger partial charge in [0.15, 0.2) is 4.90 Å². The molecule has 1 aliphatic rings. The van der Waals surface area contributed by atoms with Gasteiger partial charge in [-0.2, -0.15) is 4.31 Å². The highest BCUT2D eigenvalue weighted by Crippen LogP contribution is 2.17. The molecule has 0 spiro atoms. The summed E-state index contributed by atoms with van der Waals surface area (Å²) in [6, 6.07) is -0.217. The van der Waals surface area contributed by atoms with Crippen LogP contribution in [0.3, 0.4) is 0 Å². The maximum absolute atomic E-state index is 12.4. The van der Waals surface area contributed by atoms with Crippen LogP contribution < -0.4 is 17.0 Å². The molecule has 0 bridgehead atoms. The van der Waals surface area contributed by atoms with Gasteiger partial charge in [-0.25, -0.2) is 13.2 Å². The molecule has 0 amide bonds. The average Bonchev–Trinajstić information content (AvgIpc) is 2.78. The van der Waals surface area contributed by atoms with Crippen molar-refractivity contribution in [2.24, 2.45) is 19.8 Å². The molecular formula is C10H16N4O4S. The molecule has 1 aliphatic heterocycles. The smallest absolute Gasteiger partial charge is 0.326 e. The number of aryl methyl sites for hydroxylation is 1. The summed E-state index contributed by atoms with van der Waals surface area (Å²) >= 11 is 0. The summed E-state index contributed by atoms with van der Waals surface area (Å²) < 4.78 is 27.8. The van der Waals surface area contributed by atoms with Crippen LogP contribution in [0.1, 0.15) is 6.42 Å². The van der Waals surface area contributed by atoms with E-state index >= 15 is 0 Å². The van der Waals surface area contributed by atoms with Gasteiger partial charge in [0.25, 0.3) is 5.56 Å². The van der Waals surface area contributed by atoms with Crippen LogP contribution in [0, 0.1) is 0 Å². The number of rotatable bonds is 2. The van der Waals surface area contributed by atoms with Crippen LogP contribution in [0.2, 0.25) is 0 Å². The van der Waals surface area contributed by atoms with E-state index in [1.165, 1.54) is 18.4 Å². The summed E-state index contributed by atoms with van der Waals surface area (Å²) in [5.41, 5.74) is 4.29. The molecule has 1 aromatic rings. The molecule has 0 radical (unpaired) electrons. The highest BCUT2D eigenvalue weighted by molar-refractivity contribution is 7.89. The van der Waals surface area contributed by atoms with E-state index in [1.807, 2.05) is 0 Å². The molecule has 106 valence electrons. The van der Waals surface area contributed by atoms with Gasteiger partial charge in [0, 0.05) is 39.4 Å². The van der Waals surface area contributed by atoms with E-state index in [4.69, 9.17) is 5.73 Å². The van der Waals surface area contributed by atoms with Gasteiger partial charge in [-0.3, -0.25) is 9.36 Å². The Kier molecular flexibility index (Phi) is 3.37. The van der Waals surface area contributed by atoms with E-state index in [2.05, 4.69) is 0 Å². The summed E-state index contributed by atoms with van der Waals surface area (Å²) in [4.78, 5) is 23.1. The second-order valence-electron chi connectivity index (χ2n) is 4.66.